The van der Waals surface area contributed by atoms with Crippen LogP contribution in [0.1, 0.15) is 11.1 Å². The number of amides is 2. The molecule has 3 aromatic carbocycles. The average Bonchev–Trinajstić information content (AvgIpc) is 3.32. The molecule has 1 fully saturated rings. The number of benzene rings is 3. The van der Waals surface area contributed by atoms with Gasteiger partial charge in [0.05, 0.1) is 11.4 Å². The van der Waals surface area contributed by atoms with Gasteiger partial charge in [-0.05, 0) is 35.4 Å². The number of carbonyl (C=O) groups is 2. The van der Waals surface area contributed by atoms with Gasteiger partial charge in [-0.3, -0.25) is 9.69 Å². The van der Waals surface area contributed by atoms with Crippen molar-refractivity contribution in [2.24, 2.45) is 10.9 Å². The average molecular weight is 523 g/mol. The second-order valence-corrected chi connectivity index (χ2v) is 10.5. The highest BCUT2D eigenvalue weighted by atomic mass is 32.2. The Kier molecular flexibility index (Phi) is 7.44. The molecule has 3 aromatic rings. The minimum Gasteiger partial charge on any atom is -0.448 e. The van der Waals surface area contributed by atoms with Gasteiger partial charge in [0.15, 0.2) is 15.7 Å². The molecule has 1 saturated heterocycles. The Labute approximate surface area is 214 Å². The van der Waals surface area contributed by atoms with Crippen LogP contribution in [0.2, 0.25) is 0 Å². The SMILES string of the molecule is CS(=O)(=O)c1ccccc1-c1ccc(NC(=O)C(Cc2cccc(/C(N)=N/O)c2)N2CCOC2=O)cc1. The highest BCUT2D eigenvalue weighted by molar-refractivity contribution is 7.90. The third kappa shape index (κ3) is 5.89. The molecule has 0 radical (unpaired) electrons. The van der Waals surface area contributed by atoms with E-state index in [1.54, 1.807) is 72.8 Å². The highest BCUT2D eigenvalue weighted by Crippen LogP contribution is 2.28. The highest BCUT2D eigenvalue weighted by Gasteiger charge is 2.34. The lowest BCUT2D eigenvalue weighted by atomic mass is 10.0. The van der Waals surface area contributed by atoms with Crippen molar-refractivity contribution < 1.29 is 28.0 Å². The lowest BCUT2D eigenvalue weighted by Gasteiger charge is -2.25. The zero-order valence-corrected chi connectivity index (χ0v) is 20.8. The molecule has 10 nitrogen and oxygen atoms in total. The first-order chi connectivity index (χ1) is 17.7. The summed E-state index contributed by atoms with van der Waals surface area (Å²) in [5, 5.41) is 14.8. The number of hydrogen-bond acceptors (Lipinski definition) is 7. The van der Waals surface area contributed by atoms with Crippen LogP contribution in [0.4, 0.5) is 10.5 Å². The van der Waals surface area contributed by atoms with E-state index < -0.39 is 27.9 Å². The Balaban J connectivity index is 1.57. The zero-order valence-electron chi connectivity index (χ0n) is 20.0. The molecule has 2 amide bonds. The molecule has 1 heterocycles. The summed E-state index contributed by atoms with van der Waals surface area (Å²) in [4.78, 5) is 27.2. The van der Waals surface area contributed by atoms with Crippen molar-refractivity contribution in [1.29, 1.82) is 0 Å². The third-order valence-electron chi connectivity index (χ3n) is 5.98. The molecular weight excluding hydrogens is 496 g/mol. The number of oxime groups is 1. The topological polar surface area (TPSA) is 151 Å². The van der Waals surface area contributed by atoms with E-state index in [9.17, 15) is 18.0 Å². The summed E-state index contributed by atoms with van der Waals surface area (Å²) in [6, 6.07) is 19.5. The summed E-state index contributed by atoms with van der Waals surface area (Å²) in [5.74, 6) is -0.488. The van der Waals surface area contributed by atoms with Crippen LogP contribution < -0.4 is 11.1 Å². The summed E-state index contributed by atoms with van der Waals surface area (Å²) in [6.45, 7) is 0.444. The first-order valence-corrected chi connectivity index (χ1v) is 13.3. The van der Waals surface area contributed by atoms with Crippen LogP contribution in [0.5, 0.6) is 0 Å². The number of cyclic esters (lactones) is 1. The number of nitrogens with two attached hydrogens (primary N) is 1. The smallest absolute Gasteiger partial charge is 0.410 e. The van der Waals surface area contributed by atoms with Gasteiger partial charge in [0.1, 0.15) is 12.6 Å². The van der Waals surface area contributed by atoms with E-state index in [0.717, 1.165) is 6.26 Å². The molecule has 4 N–H and O–H groups in total. The zero-order chi connectivity index (χ0) is 26.6. The fourth-order valence-electron chi connectivity index (χ4n) is 4.16. The van der Waals surface area contributed by atoms with E-state index in [1.165, 1.54) is 4.90 Å². The maximum Gasteiger partial charge on any atom is 0.410 e. The number of nitrogens with one attached hydrogen (secondary N) is 1. The Hall–Kier alpha value is -4.38. The predicted octanol–water partition coefficient (Wildman–Crippen LogP) is 2.85. The second-order valence-electron chi connectivity index (χ2n) is 8.55. The van der Waals surface area contributed by atoms with E-state index in [2.05, 4.69) is 10.5 Å². The molecule has 1 aliphatic rings. The van der Waals surface area contributed by atoms with Crippen LogP contribution in [0.25, 0.3) is 11.1 Å². The summed E-state index contributed by atoms with van der Waals surface area (Å²) in [6.07, 6.45) is 0.748. The molecule has 0 aliphatic carbocycles. The van der Waals surface area contributed by atoms with Crippen LogP contribution >= 0.6 is 0 Å². The fraction of sp³-hybridized carbons (Fsp3) is 0.192. The maximum absolute atomic E-state index is 13.3. The third-order valence-corrected chi connectivity index (χ3v) is 7.14. The van der Waals surface area contributed by atoms with Crippen LogP contribution in [0, 0.1) is 0 Å². The molecule has 37 heavy (non-hydrogen) atoms. The predicted molar refractivity (Wildman–Crippen MR) is 138 cm³/mol. The summed E-state index contributed by atoms with van der Waals surface area (Å²) >= 11 is 0. The van der Waals surface area contributed by atoms with E-state index in [-0.39, 0.29) is 30.3 Å². The Morgan fingerprint density at radius 1 is 1.14 bits per heavy atom. The van der Waals surface area contributed by atoms with Crippen molar-refractivity contribution in [3.05, 3.63) is 83.9 Å². The summed E-state index contributed by atoms with van der Waals surface area (Å²) < 4.78 is 29.4. The van der Waals surface area contributed by atoms with Crippen molar-refractivity contribution in [3.8, 4) is 11.1 Å². The molecule has 192 valence electrons. The molecule has 1 atom stereocenters. The van der Waals surface area contributed by atoms with Gasteiger partial charge in [0.2, 0.25) is 5.91 Å². The van der Waals surface area contributed by atoms with Crippen molar-refractivity contribution in [2.75, 3.05) is 24.7 Å². The monoisotopic (exact) mass is 522 g/mol. The van der Waals surface area contributed by atoms with E-state index in [0.29, 0.717) is 27.9 Å². The number of hydrogen-bond donors (Lipinski definition) is 3. The second kappa shape index (κ2) is 10.7. The van der Waals surface area contributed by atoms with Crippen molar-refractivity contribution in [3.63, 3.8) is 0 Å². The van der Waals surface area contributed by atoms with Crippen molar-refractivity contribution in [1.82, 2.24) is 4.90 Å². The number of sulfone groups is 1. The molecule has 1 aliphatic heterocycles. The number of carbonyl (C=O) groups excluding carboxylic acids is 2. The minimum atomic E-state index is -3.42. The lowest BCUT2D eigenvalue weighted by molar-refractivity contribution is -0.120. The van der Waals surface area contributed by atoms with Gasteiger partial charge < -0.3 is 21.0 Å². The van der Waals surface area contributed by atoms with Gasteiger partial charge in [-0.15, -0.1) is 0 Å². The van der Waals surface area contributed by atoms with Crippen LogP contribution in [-0.2, 0) is 25.8 Å². The van der Waals surface area contributed by atoms with Crippen molar-refractivity contribution >= 4 is 33.4 Å². The lowest BCUT2D eigenvalue weighted by Crippen LogP contribution is -2.46. The van der Waals surface area contributed by atoms with E-state index in [1.807, 2.05) is 0 Å². The van der Waals surface area contributed by atoms with Gasteiger partial charge in [-0.25, -0.2) is 13.2 Å². The molecule has 4 rings (SSSR count). The first kappa shape index (κ1) is 25.7. The number of rotatable bonds is 8. The molecule has 11 heteroatoms. The Morgan fingerprint density at radius 3 is 2.51 bits per heavy atom. The summed E-state index contributed by atoms with van der Waals surface area (Å²) in [7, 11) is -3.42. The molecule has 1 unspecified atom stereocenters. The van der Waals surface area contributed by atoms with Gasteiger partial charge in [0.25, 0.3) is 0 Å². The first-order valence-electron chi connectivity index (χ1n) is 11.4. The van der Waals surface area contributed by atoms with Gasteiger partial charge in [-0.2, -0.15) is 0 Å². The summed E-state index contributed by atoms with van der Waals surface area (Å²) in [5.41, 5.74) is 8.60. The Bertz CT molecular complexity index is 1450. The van der Waals surface area contributed by atoms with Gasteiger partial charge in [0, 0.05) is 29.5 Å². The normalized spacial score (nSPS) is 14.8. The quantitative estimate of drug-likeness (QED) is 0.178. The standard InChI is InChI=1S/C26H26N4O6S/c1-37(34,35)23-8-3-2-7-21(23)18-9-11-20(12-10-18)28-25(31)22(30-13-14-36-26(30)32)16-17-5-4-6-19(15-17)24(27)29-33/h2-12,15,22,33H,13-14,16H2,1H3,(H2,27,29)(H,28,31). The fourth-order valence-corrected chi connectivity index (χ4v) is 5.07. The molecular formula is C26H26N4O6S. The molecule has 0 bridgehead atoms. The van der Waals surface area contributed by atoms with Crippen molar-refractivity contribution in [2.45, 2.75) is 17.4 Å². The van der Waals surface area contributed by atoms with Gasteiger partial charge >= 0.3 is 6.09 Å². The van der Waals surface area contributed by atoms with Crippen LogP contribution in [-0.4, -0.2) is 61.8 Å². The van der Waals surface area contributed by atoms with Crippen LogP contribution in [0.15, 0.2) is 82.8 Å². The van der Waals surface area contributed by atoms with E-state index in [4.69, 9.17) is 15.7 Å². The largest absolute Gasteiger partial charge is 0.448 e. The van der Waals surface area contributed by atoms with Crippen LogP contribution in [0.3, 0.4) is 0 Å². The number of nitrogens with zero attached hydrogens (tertiary/aromatic N) is 2. The van der Waals surface area contributed by atoms with E-state index >= 15 is 0 Å². The number of anilines is 1. The maximum atomic E-state index is 13.3. The molecule has 0 saturated carbocycles. The molecule has 0 spiro atoms. The minimum absolute atomic E-state index is 0.0685. The van der Waals surface area contributed by atoms with Gasteiger partial charge in [-0.1, -0.05) is 53.7 Å². The Morgan fingerprint density at radius 2 is 1.86 bits per heavy atom. The molecule has 0 aromatic heterocycles. The number of amidine groups is 1. The number of ether oxygens (including phenoxy) is 1.